The van der Waals surface area contributed by atoms with Crippen molar-refractivity contribution < 1.29 is 5.11 Å². The van der Waals surface area contributed by atoms with E-state index in [2.05, 4.69) is 45.1 Å². The zero-order valence-electron chi connectivity index (χ0n) is 13.6. The first-order valence-electron chi connectivity index (χ1n) is 7.86. The third-order valence-corrected chi connectivity index (χ3v) is 5.32. The maximum atomic E-state index is 9.78. The zero-order valence-corrected chi connectivity index (χ0v) is 13.6. The van der Waals surface area contributed by atoms with Gasteiger partial charge in [0.05, 0.1) is 6.61 Å². The molecule has 0 heterocycles. The Balaban J connectivity index is 2.48. The summed E-state index contributed by atoms with van der Waals surface area (Å²) >= 11 is 0. The third-order valence-electron chi connectivity index (χ3n) is 5.32. The SMILES string of the molecule is CCC(C)(C)C1CCC(CO)(NCCN(C)C)CC1. The second-order valence-electron chi connectivity index (χ2n) is 7.28. The Morgan fingerprint density at radius 1 is 1.26 bits per heavy atom. The number of nitrogens with one attached hydrogen (secondary N) is 1. The van der Waals surface area contributed by atoms with E-state index in [0.29, 0.717) is 5.41 Å². The monoisotopic (exact) mass is 270 g/mol. The van der Waals surface area contributed by atoms with Gasteiger partial charge in [0.2, 0.25) is 0 Å². The number of aliphatic hydroxyl groups excluding tert-OH is 1. The molecule has 0 aromatic carbocycles. The first kappa shape index (κ1) is 16.9. The van der Waals surface area contributed by atoms with Crippen LogP contribution in [0, 0.1) is 11.3 Å². The van der Waals surface area contributed by atoms with E-state index in [-0.39, 0.29) is 12.1 Å². The molecule has 0 aliphatic heterocycles. The highest BCUT2D eigenvalue weighted by Crippen LogP contribution is 2.43. The van der Waals surface area contributed by atoms with Crippen LogP contribution in [0.1, 0.15) is 52.9 Å². The van der Waals surface area contributed by atoms with Crippen LogP contribution in [0.4, 0.5) is 0 Å². The Bertz CT molecular complexity index is 255. The van der Waals surface area contributed by atoms with Crippen LogP contribution in [-0.4, -0.2) is 49.3 Å². The van der Waals surface area contributed by atoms with E-state index in [4.69, 9.17) is 0 Å². The van der Waals surface area contributed by atoms with Crippen LogP contribution in [0.25, 0.3) is 0 Å². The van der Waals surface area contributed by atoms with Crippen molar-refractivity contribution in [3.63, 3.8) is 0 Å². The van der Waals surface area contributed by atoms with E-state index in [0.717, 1.165) is 31.8 Å². The Hall–Kier alpha value is -0.120. The minimum atomic E-state index is -0.0175. The third kappa shape index (κ3) is 4.73. The molecule has 0 spiro atoms. The lowest BCUT2D eigenvalue weighted by Gasteiger charge is -2.45. The molecule has 19 heavy (non-hydrogen) atoms. The molecule has 1 rings (SSSR count). The van der Waals surface area contributed by atoms with E-state index in [9.17, 15) is 5.11 Å². The lowest BCUT2D eigenvalue weighted by Crippen LogP contribution is -2.53. The number of hydrogen-bond acceptors (Lipinski definition) is 3. The summed E-state index contributed by atoms with van der Waals surface area (Å²) in [5.41, 5.74) is 0.432. The highest BCUT2D eigenvalue weighted by Gasteiger charge is 2.38. The predicted molar refractivity (Wildman–Crippen MR) is 82.4 cm³/mol. The van der Waals surface area contributed by atoms with Gasteiger partial charge in [-0.2, -0.15) is 0 Å². The molecule has 0 atom stereocenters. The van der Waals surface area contributed by atoms with Gasteiger partial charge in [0.1, 0.15) is 0 Å². The summed E-state index contributed by atoms with van der Waals surface area (Å²) in [5, 5.41) is 13.4. The normalized spacial score (nSPS) is 28.9. The maximum absolute atomic E-state index is 9.78. The van der Waals surface area contributed by atoms with Gasteiger partial charge < -0.3 is 15.3 Å². The van der Waals surface area contributed by atoms with Crippen molar-refractivity contribution in [3.05, 3.63) is 0 Å². The number of rotatable bonds is 7. The molecule has 1 saturated carbocycles. The van der Waals surface area contributed by atoms with Crippen LogP contribution in [0.2, 0.25) is 0 Å². The molecule has 0 aromatic rings. The average molecular weight is 270 g/mol. The van der Waals surface area contributed by atoms with Crippen molar-refractivity contribution in [1.82, 2.24) is 10.2 Å². The molecule has 2 N–H and O–H groups in total. The lowest BCUT2D eigenvalue weighted by atomic mass is 9.65. The quantitative estimate of drug-likeness (QED) is 0.746. The van der Waals surface area contributed by atoms with Crippen LogP contribution in [0.3, 0.4) is 0 Å². The lowest BCUT2D eigenvalue weighted by molar-refractivity contribution is 0.0603. The number of nitrogens with zero attached hydrogens (tertiary/aromatic N) is 1. The fourth-order valence-corrected chi connectivity index (χ4v) is 3.18. The van der Waals surface area contributed by atoms with Gasteiger partial charge in [0.15, 0.2) is 0 Å². The fraction of sp³-hybridized carbons (Fsp3) is 1.00. The molecular formula is C16H34N2O. The Morgan fingerprint density at radius 2 is 1.84 bits per heavy atom. The molecule has 1 aliphatic rings. The van der Waals surface area contributed by atoms with Crippen molar-refractivity contribution in [2.75, 3.05) is 33.8 Å². The second kappa shape index (κ2) is 7.05. The minimum Gasteiger partial charge on any atom is -0.394 e. The highest BCUT2D eigenvalue weighted by molar-refractivity contribution is 4.95. The highest BCUT2D eigenvalue weighted by atomic mass is 16.3. The van der Waals surface area contributed by atoms with Gasteiger partial charge in [0.25, 0.3) is 0 Å². The fourth-order valence-electron chi connectivity index (χ4n) is 3.18. The molecule has 0 radical (unpaired) electrons. The molecule has 0 bridgehead atoms. The van der Waals surface area contributed by atoms with Gasteiger partial charge in [-0.15, -0.1) is 0 Å². The smallest absolute Gasteiger partial charge is 0.0613 e. The van der Waals surface area contributed by atoms with Crippen LogP contribution >= 0.6 is 0 Å². The molecule has 0 saturated heterocycles. The van der Waals surface area contributed by atoms with Gasteiger partial charge in [-0.1, -0.05) is 27.2 Å². The van der Waals surface area contributed by atoms with Crippen LogP contribution < -0.4 is 5.32 Å². The van der Waals surface area contributed by atoms with Gasteiger partial charge in [0, 0.05) is 18.6 Å². The summed E-state index contributed by atoms with van der Waals surface area (Å²) in [6.07, 6.45) is 5.97. The largest absolute Gasteiger partial charge is 0.394 e. The summed E-state index contributed by atoms with van der Waals surface area (Å²) in [5.74, 6) is 0.813. The first-order chi connectivity index (χ1) is 8.85. The van der Waals surface area contributed by atoms with Gasteiger partial charge >= 0.3 is 0 Å². The molecule has 114 valence electrons. The topological polar surface area (TPSA) is 35.5 Å². The number of likely N-dealkylation sites (N-methyl/N-ethyl adjacent to an activating group) is 1. The van der Waals surface area contributed by atoms with Gasteiger partial charge in [-0.3, -0.25) is 0 Å². The molecule has 0 amide bonds. The zero-order chi connectivity index (χ0) is 14.5. The average Bonchev–Trinajstić information content (AvgIpc) is 2.39. The second-order valence-corrected chi connectivity index (χ2v) is 7.28. The van der Waals surface area contributed by atoms with E-state index in [1.807, 2.05) is 0 Å². The first-order valence-corrected chi connectivity index (χ1v) is 7.86. The summed E-state index contributed by atoms with van der Waals surface area (Å²) in [7, 11) is 4.18. The minimum absolute atomic E-state index is 0.0175. The summed E-state index contributed by atoms with van der Waals surface area (Å²) in [6.45, 7) is 9.36. The molecular weight excluding hydrogens is 236 g/mol. The molecule has 0 unspecified atom stereocenters. The van der Waals surface area contributed by atoms with E-state index >= 15 is 0 Å². The van der Waals surface area contributed by atoms with Crippen molar-refractivity contribution in [2.45, 2.75) is 58.4 Å². The molecule has 1 fully saturated rings. The van der Waals surface area contributed by atoms with Crippen molar-refractivity contribution in [3.8, 4) is 0 Å². The van der Waals surface area contributed by atoms with E-state index in [1.165, 1.54) is 19.3 Å². The predicted octanol–water partition coefficient (Wildman–Crippen LogP) is 2.50. The molecule has 1 aliphatic carbocycles. The van der Waals surface area contributed by atoms with Crippen LogP contribution in [-0.2, 0) is 0 Å². The summed E-state index contributed by atoms with van der Waals surface area (Å²) < 4.78 is 0. The standard InChI is InChI=1S/C16H34N2O/c1-6-15(2,3)14-7-9-16(13-19,10-8-14)17-11-12-18(4)5/h14,17,19H,6-13H2,1-5H3. The molecule has 3 nitrogen and oxygen atoms in total. The Kier molecular flexibility index (Phi) is 6.28. The van der Waals surface area contributed by atoms with E-state index in [1.54, 1.807) is 0 Å². The number of aliphatic hydroxyl groups is 1. The van der Waals surface area contributed by atoms with Gasteiger partial charge in [-0.25, -0.2) is 0 Å². The van der Waals surface area contributed by atoms with E-state index < -0.39 is 0 Å². The summed E-state index contributed by atoms with van der Waals surface area (Å²) in [4.78, 5) is 2.18. The van der Waals surface area contributed by atoms with Crippen LogP contribution in [0.15, 0.2) is 0 Å². The number of hydrogen-bond donors (Lipinski definition) is 2. The maximum Gasteiger partial charge on any atom is 0.0613 e. The van der Waals surface area contributed by atoms with Gasteiger partial charge in [-0.05, 0) is 51.1 Å². The Labute approximate surface area is 119 Å². The van der Waals surface area contributed by atoms with Crippen molar-refractivity contribution in [2.24, 2.45) is 11.3 Å². The van der Waals surface area contributed by atoms with Crippen molar-refractivity contribution >= 4 is 0 Å². The molecule has 0 aromatic heterocycles. The van der Waals surface area contributed by atoms with Crippen LogP contribution in [0.5, 0.6) is 0 Å². The summed E-state index contributed by atoms with van der Waals surface area (Å²) in [6, 6.07) is 0. The Morgan fingerprint density at radius 3 is 2.26 bits per heavy atom. The molecule has 3 heteroatoms. The van der Waals surface area contributed by atoms with Crippen molar-refractivity contribution in [1.29, 1.82) is 0 Å².